The first-order valence-corrected chi connectivity index (χ1v) is 5.42. The van der Waals surface area contributed by atoms with Crippen LogP contribution in [-0.2, 0) is 0 Å². The van der Waals surface area contributed by atoms with E-state index in [4.69, 9.17) is 0 Å². The van der Waals surface area contributed by atoms with Crippen molar-refractivity contribution in [2.24, 2.45) is 0 Å². The maximum atomic E-state index is 13.0. The van der Waals surface area contributed by atoms with Crippen molar-refractivity contribution < 1.29 is 9.18 Å². The molecule has 0 radical (unpaired) electrons. The predicted molar refractivity (Wildman–Crippen MR) is 63.0 cm³/mol. The largest absolute Gasteiger partial charge is 0.298 e. The van der Waals surface area contributed by atoms with Crippen LogP contribution in [0.5, 0.6) is 0 Å². The molecule has 88 valence electrons. The number of aldehydes is 1. The van der Waals surface area contributed by atoms with Crippen LogP contribution in [0.1, 0.15) is 35.8 Å². The van der Waals surface area contributed by atoms with Gasteiger partial charge in [0.15, 0.2) is 6.29 Å². The van der Waals surface area contributed by atoms with E-state index in [1.54, 1.807) is 16.9 Å². The van der Waals surface area contributed by atoms with Crippen molar-refractivity contribution in [2.45, 2.75) is 19.8 Å². The molecule has 0 aliphatic carbocycles. The molecular formula is C13H13FN2O. The van der Waals surface area contributed by atoms with Crippen molar-refractivity contribution in [3.8, 4) is 5.69 Å². The summed E-state index contributed by atoms with van der Waals surface area (Å²) in [6, 6.07) is 5.97. The molecule has 3 nitrogen and oxygen atoms in total. The number of benzene rings is 1. The Morgan fingerprint density at radius 2 is 2.12 bits per heavy atom. The number of aromatic nitrogens is 2. The van der Waals surface area contributed by atoms with Gasteiger partial charge in [0.1, 0.15) is 5.82 Å². The van der Waals surface area contributed by atoms with Crippen molar-refractivity contribution in [3.05, 3.63) is 47.5 Å². The quantitative estimate of drug-likeness (QED) is 0.762. The van der Waals surface area contributed by atoms with Crippen molar-refractivity contribution in [2.75, 3.05) is 0 Å². The zero-order valence-electron chi connectivity index (χ0n) is 9.72. The molecule has 0 unspecified atom stereocenters. The molecule has 0 atom stereocenters. The normalized spacial score (nSPS) is 10.8. The van der Waals surface area contributed by atoms with Crippen LogP contribution >= 0.6 is 0 Å². The minimum Gasteiger partial charge on any atom is -0.298 e. The van der Waals surface area contributed by atoms with E-state index < -0.39 is 5.82 Å². The second kappa shape index (κ2) is 4.49. The highest BCUT2D eigenvalue weighted by Gasteiger charge is 2.09. The SMILES string of the molecule is CC(C)c1ccn(-c2ccc(F)cc2C=O)n1. The van der Waals surface area contributed by atoms with E-state index >= 15 is 0 Å². The number of carbonyl (C=O) groups excluding carboxylic acids is 1. The lowest BCUT2D eigenvalue weighted by Crippen LogP contribution is -2.01. The molecule has 0 fully saturated rings. The third-order valence-electron chi connectivity index (χ3n) is 2.56. The van der Waals surface area contributed by atoms with E-state index in [1.807, 2.05) is 19.9 Å². The molecular weight excluding hydrogens is 219 g/mol. The van der Waals surface area contributed by atoms with Gasteiger partial charge in [0.25, 0.3) is 0 Å². The number of rotatable bonds is 3. The van der Waals surface area contributed by atoms with Gasteiger partial charge < -0.3 is 0 Å². The molecule has 0 amide bonds. The molecule has 1 aromatic heterocycles. The van der Waals surface area contributed by atoms with Gasteiger partial charge in [0.05, 0.1) is 11.4 Å². The van der Waals surface area contributed by atoms with Crippen LogP contribution in [0.25, 0.3) is 5.69 Å². The van der Waals surface area contributed by atoms with Crippen LogP contribution < -0.4 is 0 Å². The highest BCUT2D eigenvalue weighted by atomic mass is 19.1. The summed E-state index contributed by atoms with van der Waals surface area (Å²) in [6.45, 7) is 4.08. The van der Waals surface area contributed by atoms with E-state index in [9.17, 15) is 9.18 Å². The molecule has 0 saturated heterocycles. The molecule has 2 rings (SSSR count). The zero-order chi connectivity index (χ0) is 12.4. The number of nitrogens with zero attached hydrogens (tertiary/aromatic N) is 2. The average molecular weight is 232 g/mol. The first kappa shape index (κ1) is 11.5. The Labute approximate surface area is 98.9 Å². The molecule has 0 aliphatic rings. The molecule has 0 spiro atoms. The summed E-state index contributed by atoms with van der Waals surface area (Å²) in [5.74, 6) is -0.108. The Morgan fingerprint density at radius 1 is 1.35 bits per heavy atom. The van der Waals surface area contributed by atoms with E-state index in [0.717, 1.165) is 5.69 Å². The van der Waals surface area contributed by atoms with Crippen LogP contribution in [0.2, 0.25) is 0 Å². The number of hydrogen-bond acceptors (Lipinski definition) is 2. The van der Waals surface area contributed by atoms with E-state index in [0.29, 0.717) is 23.5 Å². The maximum absolute atomic E-state index is 13.0. The molecule has 2 aromatic rings. The third kappa shape index (κ3) is 2.25. The zero-order valence-corrected chi connectivity index (χ0v) is 9.72. The number of carbonyl (C=O) groups is 1. The Bertz CT molecular complexity index is 546. The van der Waals surface area contributed by atoms with Gasteiger partial charge in [-0.15, -0.1) is 0 Å². The van der Waals surface area contributed by atoms with Gasteiger partial charge in [0, 0.05) is 11.8 Å². The molecule has 4 heteroatoms. The molecule has 1 aromatic carbocycles. The van der Waals surface area contributed by atoms with Crippen LogP contribution in [0.15, 0.2) is 30.5 Å². The highest BCUT2D eigenvalue weighted by molar-refractivity contribution is 5.80. The molecule has 1 heterocycles. The fraction of sp³-hybridized carbons (Fsp3) is 0.231. The summed E-state index contributed by atoms with van der Waals surface area (Å²) in [4.78, 5) is 10.9. The maximum Gasteiger partial charge on any atom is 0.152 e. The summed E-state index contributed by atoms with van der Waals surface area (Å²) in [5.41, 5.74) is 1.82. The summed E-state index contributed by atoms with van der Waals surface area (Å²) < 4.78 is 14.6. The van der Waals surface area contributed by atoms with Gasteiger partial charge >= 0.3 is 0 Å². The second-order valence-corrected chi connectivity index (χ2v) is 4.16. The summed E-state index contributed by atoms with van der Waals surface area (Å²) >= 11 is 0. The molecule has 0 bridgehead atoms. The number of hydrogen-bond donors (Lipinski definition) is 0. The lowest BCUT2D eigenvalue weighted by molar-refractivity contribution is 0.112. The van der Waals surface area contributed by atoms with Gasteiger partial charge in [-0.3, -0.25) is 4.79 Å². The summed E-state index contributed by atoms with van der Waals surface area (Å²) in [6.07, 6.45) is 2.41. The van der Waals surface area contributed by atoms with Crippen molar-refractivity contribution in [3.63, 3.8) is 0 Å². The fourth-order valence-corrected chi connectivity index (χ4v) is 1.61. The van der Waals surface area contributed by atoms with Crippen molar-refractivity contribution in [1.82, 2.24) is 9.78 Å². The number of halogens is 1. The van der Waals surface area contributed by atoms with Crippen LogP contribution in [0, 0.1) is 5.82 Å². The van der Waals surface area contributed by atoms with E-state index in [-0.39, 0.29) is 0 Å². The van der Waals surface area contributed by atoms with Gasteiger partial charge in [-0.05, 0) is 30.2 Å². The topological polar surface area (TPSA) is 34.9 Å². The van der Waals surface area contributed by atoms with Crippen LogP contribution in [0.3, 0.4) is 0 Å². The third-order valence-corrected chi connectivity index (χ3v) is 2.56. The van der Waals surface area contributed by atoms with Crippen molar-refractivity contribution in [1.29, 1.82) is 0 Å². The first-order valence-electron chi connectivity index (χ1n) is 5.42. The molecule has 17 heavy (non-hydrogen) atoms. The monoisotopic (exact) mass is 232 g/mol. The smallest absolute Gasteiger partial charge is 0.152 e. The van der Waals surface area contributed by atoms with Crippen molar-refractivity contribution >= 4 is 6.29 Å². The lowest BCUT2D eigenvalue weighted by Gasteiger charge is -2.05. The highest BCUT2D eigenvalue weighted by Crippen LogP contribution is 2.17. The summed E-state index contributed by atoms with van der Waals surface area (Å²) in [5, 5.41) is 4.35. The van der Waals surface area contributed by atoms with Crippen LogP contribution in [-0.4, -0.2) is 16.1 Å². The van der Waals surface area contributed by atoms with Gasteiger partial charge in [0.2, 0.25) is 0 Å². The fourth-order valence-electron chi connectivity index (χ4n) is 1.61. The molecule has 0 saturated carbocycles. The summed E-state index contributed by atoms with van der Waals surface area (Å²) in [7, 11) is 0. The molecule has 0 N–H and O–H groups in total. The average Bonchev–Trinajstić information content (AvgIpc) is 2.78. The Hall–Kier alpha value is -1.97. The van der Waals surface area contributed by atoms with Gasteiger partial charge in [-0.1, -0.05) is 13.8 Å². The first-order chi connectivity index (χ1) is 8.11. The Balaban J connectivity index is 2.48. The van der Waals surface area contributed by atoms with E-state index in [2.05, 4.69) is 5.10 Å². The minimum atomic E-state index is -0.424. The Kier molecular flexibility index (Phi) is 3.04. The standard InChI is InChI=1S/C13H13FN2O/c1-9(2)12-5-6-16(15-12)13-4-3-11(14)7-10(13)8-17/h3-9H,1-2H3. The van der Waals surface area contributed by atoms with Gasteiger partial charge in [-0.2, -0.15) is 5.10 Å². The van der Waals surface area contributed by atoms with Gasteiger partial charge in [-0.25, -0.2) is 9.07 Å². The molecule has 0 aliphatic heterocycles. The predicted octanol–water partition coefficient (Wildman–Crippen LogP) is 2.95. The second-order valence-electron chi connectivity index (χ2n) is 4.16. The van der Waals surface area contributed by atoms with E-state index in [1.165, 1.54) is 12.1 Å². The lowest BCUT2D eigenvalue weighted by atomic mass is 10.1. The van der Waals surface area contributed by atoms with Crippen LogP contribution in [0.4, 0.5) is 4.39 Å². The minimum absolute atomic E-state index is 0.295. The Morgan fingerprint density at radius 3 is 2.71 bits per heavy atom.